The summed E-state index contributed by atoms with van der Waals surface area (Å²) in [5.74, 6) is -1.44. The Labute approximate surface area is 188 Å². The number of aromatic nitrogens is 1. The molecule has 1 aliphatic rings. The molecular weight excluding hydrogens is 429 g/mol. The summed E-state index contributed by atoms with van der Waals surface area (Å²) in [6.45, 7) is 3.96. The van der Waals surface area contributed by atoms with Crippen LogP contribution in [0.3, 0.4) is 0 Å². The minimum atomic E-state index is -0.846. The number of hydrogen-bond donors (Lipinski definition) is 1. The highest BCUT2D eigenvalue weighted by Gasteiger charge is 2.37. The topological polar surface area (TPSA) is 91.9 Å². The molecule has 1 unspecified atom stereocenters. The van der Waals surface area contributed by atoms with Crippen molar-refractivity contribution >= 4 is 39.7 Å². The summed E-state index contributed by atoms with van der Waals surface area (Å²) in [6.07, 6.45) is 1.64. The third kappa shape index (κ3) is 4.28. The minimum absolute atomic E-state index is 0.0378. The van der Waals surface area contributed by atoms with Crippen molar-refractivity contribution in [2.75, 3.05) is 16.5 Å². The zero-order valence-corrected chi connectivity index (χ0v) is 17.8. The number of nitrogens with two attached hydrogens (primary N) is 1. The molecule has 32 heavy (non-hydrogen) atoms. The van der Waals surface area contributed by atoms with Gasteiger partial charge in [-0.05, 0) is 24.3 Å². The number of benzene rings is 2. The van der Waals surface area contributed by atoms with Crippen molar-refractivity contribution in [3.63, 3.8) is 0 Å². The smallest absolute Gasteiger partial charge is 0.276 e. The van der Waals surface area contributed by atoms with Crippen molar-refractivity contribution in [1.82, 2.24) is 4.98 Å². The van der Waals surface area contributed by atoms with Crippen molar-refractivity contribution < 1.29 is 14.0 Å². The lowest BCUT2D eigenvalue weighted by Gasteiger charge is -2.20. The van der Waals surface area contributed by atoms with Crippen molar-refractivity contribution in [2.45, 2.75) is 12.5 Å². The highest BCUT2D eigenvalue weighted by Crippen LogP contribution is 2.30. The molecule has 0 spiro atoms. The monoisotopic (exact) mass is 449 g/mol. The summed E-state index contributed by atoms with van der Waals surface area (Å²) in [4.78, 5) is 31.5. The van der Waals surface area contributed by atoms with Gasteiger partial charge in [0.05, 0.1) is 11.4 Å². The Kier molecular flexibility index (Phi) is 6.09. The molecule has 2 heterocycles. The van der Waals surface area contributed by atoms with Crippen molar-refractivity contribution in [1.29, 1.82) is 0 Å². The van der Waals surface area contributed by atoms with Gasteiger partial charge in [-0.15, -0.1) is 17.9 Å². The Bertz CT molecular complexity index is 1180. The van der Waals surface area contributed by atoms with Gasteiger partial charge in [0.1, 0.15) is 17.6 Å². The van der Waals surface area contributed by atoms with E-state index >= 15 is 0 Å². The zero-order chi connectivity index (χ0) is 22.7. The van der Waals surface area contributed by atoms with Crippen LogP contribution in [0.1, 0.15) is 6.42 Å². The number of nitrogens with zero attached hydrogens (tertiary/aromatic N) is 4. The van der Waals surface area contributed by atoms with E-state index in [1.54, 1.807) is 6.08 Å². The van der Waals surface area contributed by atoms with E-state index < -0.39 is 23.7 Å². The van der Waals surface area contributed by atoms with Crippen LogP contribution in [0.2, 0.25) is 0 Å². The van der Waals surface area contributed by atoms with E-state index in [0.717, 1.165) is 11.3 Å². The number of hydrogen-bond acceptors (Lipinski definition) is 6. The first-order valence-corrected chi connectivity index (χ1v) is 10.7. The first-order valence-electron chi connectivity index (χ1n) is 9.83. The van der Waals surface area contributed by atoms with Gasteiger partial charge in [0, 0.05) is 23.9 Å². The van der Waals surface area contributed by atoms with Gasteiger partial charge in [0.2, 0.25) is 5.91 Å². The number of amides is 2. The molecule has 0 saturated heterocycles. The van der Waals surface area contributed by atoms with E-state index in [2.05, 4.69) is 16.7 Å². The first-order chi connectivity index (χ1) is 15.5. The predicted molar refractivity (Wildman–Crippen MR) is 124 cm³/mol. The fraction of sp³-hybridized carbons (Fsp3) is 0.130. The fourth-order valence-electron chi connectivity index (χ4n) is 3.36. The molecule has 7 nitrogen and oxygen atoms in total. The Morgan fingerprint density at radius 1 is 1.22 bits per heavy atom. The van der Waals surface area contributed by atoms with Gasteiger partial charge in [-0.2, -0.15) is 5.10 Å². The van der Waals surface area contributed by atoms with Crippen LogP contribution in [0.4, 0.5) is 15.2 Å². The Morgan fingerprint density at radius 2 is 1.94 bits per heavy atom. The van der Waals surface area contributed by atoms with Crippen LogP contribution in [0.15, 0.2) is 77.7 Å². The second-order valence-electron chi connectivity index (χ2n) is 7.08. The van der Waals surface area contributed by atoms with Gasteiger partial charge >= 0.3 is 0 Å². The predicted octanol–water partition coefficient (Wildman–Crippen LogP) is 3.59. The molecule has 0 bridgehead atoms. The van der Waals surface area contributed by atoms with Crippen LogP contribution in [0, 0.1) is 5.82 Å². The van der Waals surface area contributed by atoms with E-state index in [4.69, 9.17) is 5.73 Å². The minimum Gasteiger partial charge on any atom is -0.368 e. The molecule has 2 amide bonds. The average molecular weight is 450 g/mol. The molecule has 1 atom stereocenters. The lowest BCUT2D eigenvalue weighted by atomic mass is 10.1. The van der Waals surface area contributed by atoms with Gasteiger partial charge in [-0.1, -0.05) is 36.4 Å². The molecule has 1 aromatic heterocycles. The highest BCUT2D eigenvalue weighted by molar-refractivity contribution is 7.14. The second-order valence-corrected chi connectivity index (χ2v) is 7.91. The largest absolute Gasteiger partial charge is 0.368 e. The van der Waals surface area contributed by atoms with Crippen LogP contribution in [-0.2, 0) is 9.59 Å². The summed E-state index contributed by atoms with van der Waals surface area (Å²) in [6, 6.07) is 14.3. The van der Waals surface area contributed by atoms with E-state index in [-0.39, 0.29) is 18.7 Å². The first kappa shape index (κ1) is 21.4. The molecule has 0 fully saturated rings. The van der Waals surface area contributed by atoms with E-state index in [9.17, 15) is 14.0 Å². The number of carbonyl (C=O) groups excluding carboxylic acids is 2. The second kappa shape index (κ2) is 9.11. The molecule has 162 valence electrons. The van der Waals surface area contributed by atoms with Gasteiger partial charge in [-0.3, -0.25) is 19.5 Å². The molecule has 0 radical (unpaired) electrons. The zero-order valence-electron chi connectivity index (χ0n) is 17.0. The molecule has 0 saturated carbocycles. The number of rotatable bonds is 7. The lowest BCUT2D eigenvalue weighted by molar-refractivity contribution is -0.119. The standard InChI is InChI=1S/C23H20FN5O2S/c1-2-12-28(23-26-19(14-32-23)15-6-4-3-5-7-15)22(31)18-13-20(21(25)30)29(27-18)17-10-8-16(24)9-11-17/h2-11,14,20H,1,12-13H2,(H2,25,30). The molecule has 3 aromatic rings. The van der Waals surface area contributed by atoms with E-state index in [0.29, 0.717) is 10.8 Å². The van der Waals surface area contributed by atoms with Crippen molar-refractivity contribution in [3.8, 4) is 11.3 Å². The highest BCUT2D eigenvalue weighted by atomic mass is 32.1. The van der Waals surface area contributed by atoms with E-state index in [1.807, 2.05) is 35.7 Å². The number of carbonyl (C=O) groups is 2. The maximum Gasteiger partial charge on any atom is 0.276 e. The fourth-order valence-corrected chi connectivity index (χ4v) is 4.20. The van der Waals surface area contributed by atoms with Crippen LogP contribution in [0.5, 0.6) is 0 Å². The van der Waals surface area contributed by atoms with Gasteiger partial charge in [0.25, 0.3) is 5.91 Å². The lowest BCUT2D eigenvalue weighted by Crippen LogP contribution is -2.40. The van der Waals surface area contributed by atoms with Gasteiger partial charge < -0.3 is 5.73 Å². The Hall–Kier alpha value is -3.85. The molecule has 1 aliphatic heterocycles. The van der Waals surface area contributed by atoms with Crippen LogP contribution < -0.4 is 15.6 Å². The van der Waals surface area contributed by atoms with Gasteiger partial charge in [-0.25, -0.2) is 9.37 Å². The molecule has 2 N–H and O–H groups in total. The van der Waals surface area contributed by atoms with Crippen molar-refractivity contribution in [2.24, 2.45) is 10.8 Å². The van der Waals surface area contributed by atoms with Crippen LogP contribution in [0.25, 0.3) is 11.3 Å². The Balaban J connectivity index is 1.63. The number of halogens is 1. The quantitative estimate of drug-likeness (QED) is 0.558. The summed E-state index contributed by atoms with van der Waals surface area (Å²) in [5, 5.41) is 8.09. The number of thiazole rings is 1. The SMILES string of the molecule is C=CCN(C(=O)C1=NN(c2ccc(F)cc2)C(C(N)=O)C1)c1nc(-c2ccccc2)cs1. The number of hydrazone groups is 1. The maximum absolute atomic E-state index is 13.4. The van der Waals surface area contributed by atoms with Crippen LogP contribution >= 0.6 is 11.3 Å². The van der Waals surface area contributed by atoms with Crippen LogP contribution in [-0.4, -0.2) is 35.1 Å². The molecule has 0 aliphatic carbocycles. The van der Waals surface area contributed by atoms with Crippen molar-refractivity contribution in [3.05, 3.63) is 78.4 Å². The number of primary amides is 1. The molecular formula is C23H20FN5O2S. The molecule has 9 heteroatoms. The van der Waals surface area contributed by atoms with Gasteiger partial charge in [0.15, 0.2) is 5.13 Å². The normalized spacial score (nSPS) is 15.3. The summed E-state index contributed by atoms with van der Waals surface area (Å²) >= 11 is 1.33. The average Bonchev–Trinajstić information content (AvgIpc) is 3.46. The molecule has 2 aromatic carbocycles. The van der Waals surface area contributed by atoms with E-state index in [1.165, 1.54) is 45.5 Å². The summed E-state index contributed by atoms with van der Waals surface area (Å²) in [7, 11) is 0. The summed E-state index contributed by atoms with van der Waals surface area (Å²) < 4.78 is 13.3. The Morgan fingerprint density at radius 3 is 2.59 bits per heavy atom. The third-order valence-electron chi connectivity index (χ3n) is 4.93. The maximum atomic E-state index is 13.4. The molecule has 4 rings (SSSR count). The number of anilines is 2. The third-order valence-corrected chi connectivity index (χ3v) is 5.79. The summed E-state index contributed by atoms with van der Waals surface area (Å²) in [5.41, 5.74) is 7.88.